The molecule has 1 aliphatic heterocycles. The number of aromatic amines is 1. The predicted molar refractivity (Wildman–Crippen MR) is 67.3 cm³/mol. The van der Waals surface area contributed by atoms with E-state index in [4.69, 9.17) is 5.11 Å². The molecule has 3 N–H and O–H groups in total. The van der Waals surface area contributed by atoms with Crippen LogP contribution in [0.1, 0.15) is 12.1 Å². The highest BCUT2D eigenvalue weighted by Gasteiger charge is 2.20. The Morgan fingerprint density at radius 1 is 1.59 bits per heavy atom. The molecule has 1 fully saturated rings. The first kappa shape index (κ1) is 12.9. The summed E-state index contributed by atoms with van der Waals surface area (Å²) in [4.78, 5) is 2.90. The standard InChI is InChI=1S/C10H16N2O3S2/c13-6-9-3-10(5-11-9)17(14,15)12-4-8-1-2-16-7-8/h3,5,8,11-13H,1-2,4,6-7H2. The van der Waals surface area contributed by atoms with Crippen LogP contribution in [0.2, 0.25) is 0 Å². The van der Waals surface area contributed by atoms with Crippen LogP contribution in [-0.4, -0.2) is 36.6 Å². The first-order valence-electron chi connectivity index (χ1n) is 5.47. The zero-order valence-electron chi connectivity index (χ0n) is 9.35. The first-order valence-corrected chi connectivity index (χ1v) is 8.11. The highest BCUT2D eigenvalue weighted by atomic mass is 32.2. The Bertz CT molecular complexity index is 464. The molecule has 7 heteroatoms. The van der Waals surface area contributed by atoms with E-state index in [-0.39, 0.29) is 11.5 Å². The molecule has 17 heavy (non-hydrogen) atoms. The molecule has 0 aliphatic carbocycles. The number of hydrogen-bond acceptors (Lipinski definition) is 4. The van der Waals surface area contributed by atoms with Crippen molar-refractivity contribution in [1.82, 2.24) is 9.71 Å². The number of nitrogens with one attached hydrogen (secondary N) is 2. The van der Waals surface area contributed by atoms with Gasteiger partial charge in [0.2, 0.25) is 10.0 Å². The molecule has 1 saturated heterocycles. The summed E-state index contributed by atoms with van der Waals surface area (Å²) in [5.41, 5.74) is 0.502. The van der Waals surface area contributed by atoms with Crippen LogP contribution in [0.25, 0.3) is 0 Å². The van der Waals surface area contributed by atoms with Gasteiger partial charge < -0.3 is 10.1 Å². The largest absolute Gasteiger partial charge is 0.390 e. The molecule has 96 valence electrons. The van der Waals surface area contributed by atoms with Crippen molar-refractivity contribution in [2.45, 2.75) is 17.9 Å². The van der Waals surface area contributed by atoms with Crippen LogP contribution < -0.4 is 4.72 Å². The van der Waals surface area contributed by atoms with Crippen molar-refractivity contribution in [2.75, 3.05) is 18.1 Å². The Kier molecular flexibility index (Phi) is 4.13. The highest BCUT2D eigenvalue weighted by Crippen LogP contribution is 2.23. The van der Waals surface area contributed by atoms with E-state index < -0.39 is 10.0 Å². The summed E-state index contributed by atoms with van der Waals surface area (Å²) in [5.74, 6) is 2.58. The van der Waals surface area contributed by atoms with Gasteiger partial charge in [-0.05, 0) is 29.9 Å². The minimum Gasteiger partial charge on any atom is -0.390 e. The molecule has 0 amide bonds. The lowest BCUT2D eigenvalue weighted by Crippen LogP contribution is -2.29. The fraction of sp³-hybridized carbons (Fsp3) is 0.600. The third-order valence-corrected chi connectivity index (χ3v) is 5.42. The fourth-order valence-electron chi connectivity index (χ4n) is 1.72. The number of aliphatic hydroxyl groups is 1. The monoisotopic (exact) mass is 276 g/mol. The molecule has 5 nitrogen and oxygen atoms in total. The fourth-order valence-corrected chi connectivity index (χ4v) is 4.14. The summed E-state index contributed by atoms with van der Waals surface area (Å²) in [6, 6.07) is 1.45. The second-order valence-electron chi connectivity index (χ2n) is 4.10. The highest BCUT2D eigenvalue weighted by molar-refractivity contribution is 7.99. The number of thioether (sulfide) groups is 1. The minimum absolute atomic E-state index is 0.186. The molecule has 2 rings (SSSR count). The van der Waals surface area contributed by atoms with Gasteiger partial charge in [0, 0.05) is 18.4 Å². The van der Waals surface area contributed by atoms with E-state index in [1.54, 1.807) is 0 Å². The molecule has 2 heterocycles. The lowest BCUT2D eigenvalue weighted by atomic mass is 10.1. The topological polar surface area (TPSA) is 82.2 Å². The molecular weight excluding hydrogens is 260 g/mol. The van der Waals surface area contributed by atoms with Gasteiger partial charge in [-0.3, -0.25) is 0 Å². The van der Waals surface area contributed by atoms with E-state index in [2.05, 4.69) is 9.71 Å². The normalized spacial score (nSPS) is 20.9. The molecule has 1 aliphatic rings. The Hall–Kier alpha value is -0.500. The van der Waals surface area contributed by atoms with Gasteiger partial charge in [0.15, 0.2) is 0 Å². The van der Waals surface area contributed by atoms with Crippen molar-refractivity contribution in [2.24, 2.45) is 5.92 Å². The first-order chi connectivity index (χ1) is 8.12. The van der Waals surface area contributed by atoms with E-state index >= 15 is 0 Å². The van der Waals surface area contributed by atoms with Gasteiger partial charge in [-0.15, -0.1) is 0 Å². The van der Waals surface area contributed by atoms with Crippen molar-refractivity contribution in [3.8, 4) is 0 Å². The van der Waals surface area contributed by atoms with Crippen LogP contribution in [-0.2, 0) is 16.6 Å². The molecule has 0 radical (unpaired) electrons. The predicted octanol–water partition coefficient (Wildman–Crippen LogP) is 0.538. The summed E-state index contributed by atoms with van der Waals surface area (Å²) in [6.45, 7) is 0.309. The van der Waals surface area contributed by atoms with Gasteiger partial charge in [0.25, 0.3) is 0 Å². The molecule has 1 atom stereocenters. The molecule has 0 aromatic carbocycles. The van der Waals surface area contributed by atoms with Gasteiger partial charge in [0.1, 0.15) is 0 Å². The zero-order chi connectivity index (χ0) is 12.3. The van der Waals surface area contributed by atoms with Gasteiger partial charge in [0.05, 0.1) is 11.5 Å². The average molecular weight is 276 g/mol. The van der Waals surface area contributed by atoms with Gasteiger partial charge in [-0.1, -0.05) is 0 Å². The van der Waals surface area contributed by atoms with Gasteiger partial charge in [-0.25, -0.2) is 13.1 Å². The van der Waals surface area contributed by atoms with Crippen molar-refractivity contribution in [3.05, 3.63) is 18.0 Å². The van der Waals surface area contributed by atoms with E-state index in [1.165, 1.54) is 12.3 Å². The van der Waals surface area contributed by atoms with Gasteiger partial charge in [-0.2, -0.15) is 11.8 Å². The summed E-state index contributed by atoms with van der Waals surface area (Å²) in [6.07, 6.45) is 2.47. The van der Waals surface area contributed by atoms with Crippen molar-refractivity contribution in [1.29, 1.82) is 0 Å². The second-order valence-corrected chi connectivity index (χ2v) is 7.02. The second kappa shape index (κ2) is 5.43. The zero-order valence-corrected chi connectivity index (χ0v) is 11.0. The van der Waals surface area contributed by atoms with Crippen molar-refractivity contribution < 1.29 is 13.5 Å². The summed E-state index contributed by atoms with van der Waals surface area (Å²) < 4.78 is 26.4. The van der Waals surface area contributed by atoms with Crippen LogP contribution in [0.5, 0.6) is 0 Å². The third kappa shape index (κ3) is 3.25. The summed E-state index contributed by atoms with van der Waals surface area (Å²) >= 11 is 1.86. The Morgan fingerprint density at radius 2 is 2.41 bits per heavy atom. The minimum atomic E-state index is -3.44. The molecule has 1 aromatic rings. The lowest BCUT2D eigenvalue weighted by molar-refractivity contribution is 0.277. The van der Waals surface area contributed by atoms with E-state index in [1.807, 2.05) is 11.8 Å². The van der Waals surface area contributed by atoms with E-state index in [0.717, 1.165) is 17.9 Å². The van der Waals surface area contributed by atoms with Crippen molar-refractivity contribution in [3.63, 3.8) is 0 Å². The summed E-state index contributed by atoms with van der Waals surface area (Å²) in [7, 11) is -3.44. The SMILES string of the molecule is O=S(=O)(NCC1CCSC1)c1c[nH]c(CO)c1. The molecule has 1 unspecified atom stereocenters. The number of rotatable bonds is 5. The Labute approximate surface area is 105 Å². The number of sulfonamides is 1. The quantitative estimate of drug-likeness (QED) is 0.733. The van der Waals surface area contributed by atoms with Crippen LogP contribution >= 0.6 is 11.8 Å². The molecule has 0 saturated carbocycles. The van der Waals surface area contributed by atoms with Crippen LogP contribution in [0.15, 0.2) is 17.2 Å². The number of aromatic nitrogens is 1. The maximum atomic E-state index is 11.9. The maximum absolute atomic E-state index is 11.9. The molecule has 1 aromatic heterocycles. The van der Waals surface area contributed by atoms with Crippen LogP contribution in [0, 0.1) is 5.92 Å². The third-order valence-electron chi connectivity index (χ3n) is 2.78. The number of hydrogen-bond donors (Lipinski definition) is 3. The lowest BCUT2D eigenvalue weighted by Gasteiger charge is -2.09. The van der Waals surface area contributed by atoms with Crippen LogP contribution in [0.3, 0.4) is 0 Å². The van der Waals surface area contributed by atoms with Crippen molar-refractivity contribution >= 4 is 21.8 Å². The number of H-pyrrole nitrogens is 1. The maximum Gasteiger partial charge on any atom is 0.242 e. The Morgan fingerprint density at radius 3 is 3.00 bits per heavy atom. The van der Waals surface area contributed by atoms with E-state index in [0.29, 0.717) is 18.2 Å². The van der Waals surface area contributed by atoms with E-state index in [9.17, 15) is 8.42 Å². The molecule has 0 bridgehead atoms. The van der Waals surface area contributed by atoms with Gasteiger partial charge >= 0.3 is 0 Å². The smallest absolute Gasteiger partial charge is 0.242 e. The van der Waals surface area contributed by atoms with Crippen LogP contribution in [0.4, 0.5) is 0 Å². The summed E-state index contributed by atoms with van der Waals surface area (Å²) in [5, 5.41) is 8.87. The Balaban J connectivity index is 1.97. The molecular formula is C10H16N2O3S2. The molecule has 0 spiro atoms. The average Bonchev–Trinajstić information content (AvgIpc) is 2.98. The number of aliphatic hydroxyl groups excluding tert-OH is 1.